The quantitative estimate of drug-likeness (QED) is 0.837. The Bertz CT molecular complexity index is 528. The molecule has 1 saturated carbocycles. The van der Waals surface area contributed by atoms with Gasteiger partial charge in [-0.1, -0.05) is 0 Å². The smallest absolute Gasteiger partial charge is 0.306 e. The number of carbonyl (C=O) groups is 2. The van der Waals surface area contributed by atoms with Crippen LogP contribution < -0.4 is 14.8 Å². The third kappa shape index (κ3) is 4.13. The fourth-order valence-corrected chi connectivity index (χ4v) is 2.57. The fraction of sp³-hybridized carbons (Fsp3) is 0.500. The van der Waals surface area contributed by atoms with Crippen LogP contribution in [0.4, 0.5) is 0 Å². The van der Waals surface area contributed by atoms with Crippen molar-refractivity contribution in [3.05, 3.63) is 24.3 Å². The lowest BCUT2D eigenvalue weighted by Gasteiger charge is -2.18. The molecule has 0 aliphatic heterocycles. The fourth-order valence-electron chi connectivity index (χ4n) is 2.57. The molecule has 1 aliphatic rings. The van der Waals surface area contributed by atoms with Gasteiger partial charge in [0.2, 0.25) is 0 Å². The third-order valence-electron chi connectivity index (χ3n) is 3.87. The number of hydrogen-bond acceptors (Lipinski definition) is 4. The van der Waals surface area contributed by atoms with Gasteiger partial charge in [0.25, 0.3) is 5.91 Å². The lowest BCUT2D eigenvalue weighted by atomic mass is 10.1. The van der Waals surface area contributed by atoms with Gasteiger partial charge in [0, 0.05) is 6.04 Å². The molecule has 1 aromatic rings. The average molecular weight is 307 g/mol. The molecule has 1 unspecified atom stereocenters. The number of ether oxygens (including phenoxy) is 2. The molecule has 1 amide bonds. The Labute approximate surface area is 129 Å². The molecule has 6 heteroatoms. The van der Waals surface area contributed by atoms with Crippen LogP contribution in [0.2, 0.25) is 0 Å². The first-order valence-electron chi connectivity index (χ1n) is 7.33. The highest BCUT2D eigenvalue weighted by Crippen LogP contribution is 2.26. The molecule has 1 fully saturated rings. The molecule has 0 spiro atoms. The minimum atomic E-state index is -0.792. The molecule has 2 N–H and O–H groups in total. The largest absolute Gasteiger partial charge is 0.497 e. The Morgan fingerprint density at radius 2 is 1.86 bits per heavy atom. The number of benzene rings is 1. The van der Waals surface area contributed by atoms with E-state index in [2.05, 4.69) is 5.32 Å². The molecule has 1 aliphatic carbocycles. The predicted octanol–water partition coefficient (Wildman–Crippen LogP) is 1.83. The van der Waals surface area contributed by atoms with Crippen molar-refractivity contribution in [1.82, 2.24) is 5.32 Å². The van der Waals surface area contributed by atoms with Gasteiger partial charge < -0.3 is 19.9 Å². The topological polar surface area (TPSA) is 84.9 Å². The van der Waals surface area contributed by atoms with E-state index in [1.807, 2.05) is 0 Å². The SMILES string of the molecule is COc1ccc(OC(C)C(=O)N[C@H]2CC[C@@H](C(=O)O)C2)cc1. The number of methoxy groups -OCH3 is 1. The van der Waals surface area contributed by atoms with Crippen LogP contribution in [0.25, 0.3) is 0 Å². The lowest BCUT2D eigenvalue weighted by Crippen LogP contribution is -2.41. The Morgan fingerprint density at radius 1 is 1.23 bits per heavy atom. The first-order chi connectivity index (χ1) is 10.5. The number of nitrogens with one attached hydrogen (secondary N) is 1. The van der Waals surface area contributed by atoms with Gasteiger partial charge in [0.05, 0.1) is 13.0 Å². The molecule has 120 valence electrons. The maximum atomic E-state index is 12.1. The van der Waals surface area contributed by atoms with Gasteiger partial charge in [-0.3, -0.25) is 9.59 Å². The van der Waals surface area contributed by atoms with Crippen molar-refractivity contribution < 1.29 is 24.2 Å². The average Bonchev–Trinajstić information content (AvgIpc) is 2.96. The van der Waals surface area contributed by atoms with Crippen molar-refractivity contribution in [3.63, 3.8) is 0 Å². The highest BCUT2D eigenvalue weighted by Gasteiger charge is 2.31. The normalized spacial score (nSPS) is 21.9. The molecule has 0 saturated heterocycles. The standard InChI is InChI=1S/C16H21NO5/c1-10(22-14-7-5-13(21-2)6-8-14)15(18)17-12-4-3-11(9-12)16(19)20/h5-8,10-12H,3-4,9H2,1-2H3,(H,17,18)(H,19,20)/t10?,11-,12+/m1/s1. The van der Waals surface area contributed by atoms with Crippen LogP contribution in [0.3, 0.4) is 0 Å². The van der Waals surface area contributed by atoms with Crippen molar-refractivity contribution >= 4 is 11.9 Å². The summed E-state index contributed by atoms with van der Waals surface area (Å²) >= 11 is 0. The van der Waals surface area contributed by atoms with E-state index in [1.165, 1.54) is 0 Å². The zero-order valence-corrected chi connectivity index (χ0v) is 12.7. The second kappa shape index (κ2) is 7.15. The van der Waals surface area contributed by atoms with Gasteiger partial charge in [-0.15, -0.1) is 0 Å². The van der Waals surface area contributed by atoms with Crippen molar-refractivity contribution in [2.24, 2.45) is 5.92 Å². The van der Waals surface area contributed by atoms with Gasteiger partial charge >= 0.3 is 5.97 Å². The summed E-state index contributed by atoms with van der Waals surface area (Å²) in [5, 5.41) is 11.8. The Hall–Kier alpha value is -2.24. The van der Waals surface area contributed by atoms with E-state index >= 15 is 0 Å². The lowest BCUT2D eigenvalue weighted by molar-refractivity contribution is -0.141. The number of carboxylic acid groups (broad SMARTS) is 1. The van der Waals surface area contributed by atoms with E-state index in [0.29, 0.717) is 25.0 Å². The van der Waals surface area contributed by atoms with Crippen LogP contribution in [0.5, 0.6) is 11.5 Å². The highest BCUT2D eigenvalue weighted by molar-refractivity contribution is 5.81. The summed E-state index contributed by atoms with van der Waals surface area (Å²) in [5.41, 5.74) is 0. The summed E-state index contributed by atoms with van der Waals surface area (Å²) in [6.45, 7) is 1.67. The van der Waals surface area contributed by atoms with Crippen LogP contribution in [0.1, 0.15) is 26.2 Å². The minimum Gasteiger partial charge on any atom is -0.497 e. The van der Waals surface area contributed by atoms with E-state index < -0.39 is 12.1 Å². The number of rotatable bonds is 6. The maximum absolute atomic E-state index is 12.1. The van der Waals surface area contributed by atoms with Crippen molar-refractivity contribution in [3.8, 4) is 11.5 Å². The van der Waals surface area contributed by atoms with E-state index in [0.717, 1.165) is 5.75 Å². The Morgan fingerprint density at radius 3 is 2.41 bits per heavy atom. The van der Waals surface area contributed by atoms with E-state index in [-0.39, 0.29) is 17.9 Å². The second-order valence-corrected chi connectivity index (χ2v) is 5.49. The molecule has 0 radical (unpaired) electrons. The highest BCUT2D eigenvalue weighted by atomic mass is 16.5. The third-order valence-corrected chi connectivity index (χ3v) is 3.87. The van der Waals surface area contributed by atoms with Crippen molar-refractivity contribution in [2.75, 3.05) is 7.11 Å². The van der Waals surface area contributed by atoms with Crippen LogP contribution in [0, 0.1) is 5.92 Å². The van der Waals surface area contributed by atoms with Crippen LogP contribution >= 0.6 is 0 Å². The van der Waals surface area contributed by atoms with Crippen LogP contribution in [-0.2, 0) is 9.59 Å². The van der Waals surface area contributed by atoms with E-state index in [4.69, 9.17) is 14.6 Å². The minimum absolute atomic E-state index is 0.0875. The summed E-state index contributed by atoms with van der Waals surface area (Å²) in [4.78, 5) is 23.0. The Balaban J connectivity index is 1.83. The molecule has 22 heavy (non-hydrogen) atoms. The maximum Gasteiger partial charge on any atom is 0.306 e. The molecule has 0 heterocycles. The van der Waals surface area contributed by atoms with Gasteiger partial charge in [-0.25, -0.2) is 0 Å². The predicted molar refractivity (Wildman–Crippen MR) is 80.0 cm³/mol. The van der Waals surface area contributed by atoms with E-state index in [9.17, 15) is 9.59 Å². The van der Waals surface area contributed by atoms with Gasteiger partial charge in [-0.2, -0.15) is 0 Å². The molecule has 0 aromatic heterocycles. The first kappa shape index (κ1) is 16.1. The molecular weight excluding hydrogens is 286 g/mol. The molecule has 2 rings (SSSR count). The second-order valence-electron chi connectivity index (χ2n) is 5.49. The van der Waals surface area contributed by atoms with Crippen LogP contribution in [-0.4, -0.2) is 36.2 Å². The zero-order chi connectivity index (χ0) is 16.1. The number of amides is 1. The zero-order valence-electron chi connectivity index (χ0n) is 12.7. The van der Waals surface area contributed by atoms with E-state index in [1.54, 1.807) is 38.3 Å². The van der Waals surface area contributed by atoms with Gasteiger partial charge in [0.15, 0.2) is 6.10 Å². The molecule has 3 atom stereocenters. The molecule has 6 nitrogen and oxygen atoms in total. The first-order valence-corrected chi connectivity index (χ1v) is 7.33. The summed E-state index contributed by atoms with van der Waals surface area (Å²) in [6.07, 6.45) is 1.14. The van der Waals surface area contributed by atoms with Crippen molar-refractivity contribution in [2.45, 2.75) is 38.3 Å². The number of carboxylic acids is 1. The Kier molecular flexibility index (Phi) is 5.25. The molecule has 1 aromatic carbocycles. The number of aliphatic carboxylic acids is 1. The summed E-state index contributed by atoms with van der Waals surface area (Å²) < 4.78 is 10.6. The monoisotopic (exact) mass is 307 g/mol. The van der Waals surface area contributed by atoms with Gasteiger partial charge in [-0.05, 0) is 50.5 Å². The van der Waals surface area contributed by atoms with Gasteiger partial charge in [0.1, 0.15) is 11.5 Å². The number of carbonyl (C=O) groups excluding carboxylic acids is 1. The summed E-state index contributed by atoms with van der Waals surface area (Å²) in [7, 11) is 1.58. The summed E-state index contributed by atoms with van der Waals surface area (Å²) in [6, 6.07) is 6.90. The molecule has 0 bridgehead atoms. The molecular formula is C16H21NO5. The summed E-state index contributed by atoms with van der Waals surface area (Å²) in [5.74, 6) is -0.0809. The number of hydrogen-bond donors (Lipinski definition) is 2. The van der Waals surface area contributed by atoms with Crippen LogP contribution in [0.15, 0.2) is 24.3 Å². The van der Waals surface area contributed by atoms with Crippen molar-refractivity contribution in [1.29, 1.82) is 0 Å².